The Bertz CT molecular complexity index is 1110. The van der Waals surface area contributed by atoms with Crippen molar-refractivity contribution in [1.29, 1.82) is 0 Å². The third-order valence-electron chi connectivity index (χ3n) is 4.89. The molecule has 1 aliphatic rings. The fourth-order valence-corrected chi connectivity index (χ4v) is 3.22. The maximum absolute atomic E-state index is 14.2. The molecule has 1 aliphatic heterocycles. The summed E-state index contributed by atoms with van der Waals surface area (Å²) in [6.07, 6.45) is -0.574. The molecule has 0 N–H and O–H groups in total. The Hall–Kier alpha value is -3.44. The molecule has 1 fully saturated rings. The first-order chi connectivity index (χ1) is 16.1. The van der Waals surface area contributed by atoms with E-state index in [0.717, 1.165) is 17.7 Å². The van der Waals surface area contributed by atoms with Crippen LogP contribution in [0, 0.1) is 30.4 Å². The Labute approximate surface area is 197 Å². The second-order valence-corrected chi connectivity index (χ2v) is 8.92. The van der Waals surface area contributed by atoms with Crippen LogP contribution in [0.5, 0.6) is 5.75 Å². The molecule has 1 saturated heterocycles. The zero-order valence-corrected chi connectivity index (χ0v) is 19.6. The lowest BCUT2D eigenvalue weighted by atomic mass is 10.1. The standard InChI is InChI=1S/C26H27F2NO5/c1-17-5-6-19(7-8-20-14-29(9-10-32-20)25(31)34-26(2,3)4)24(11-17)33-16-21-22(27)12-18(15-30)13-23(21)28/h5-6,11-13,15,20H,9-10,14,16H2,1-4H3. The zero-order chi connectivity index (χ0) is 24.9. The molecule has 2 aromatic rings. The van der Waals surface area contributed by atoms with Gasteiger partial charge in [0.15, 0.2) is 0 Å². The highest BCUT2D eigenvalue weighted by Gasteiger charge is 2.27. The number of ether oxygens (including phenoxy) is 3. The summed E-state index contributed by atoms with van der Waals surface area (Å²) in [6.45, 7) is 7.87. The molecule has 1 heterocycles. The number of rotatable bonds is 4. The van der Waals surface area contributed by atoms with Gasteiger partial charge in [-0.2, -0.15) is 0 Å². The lowest BCUT2D eigenvalue weighted by Gasteiger charge is -2.32. The van der Waals surface area contributed by atoms with Gasteiger partial charge >= 0.3 is 6.09 Å². The van der Waals surface area contributed by atoms with E-state index in [1.165, 1.54) is 0 Å². The van der Waals surface area contributed by atoms with Crippen LogP contribution >= 0.6 is 0 Å². The van der Waals surface area contributed by atoms with Gasteiger partial charge < -0.3 is 19.1 Å². The Kier molecular flexibility index (Phi) is 7.90. The largest absolute Gasteiger partial charge is 0.487 e. The van der Waals surface area contributed by atoms with Gasteiger partial charge in [0.2, 0.25) is 0 Å². The summed E-state index contributed by atoms with van der Waals surface area (Å²) in [7, 11) is 0. The summed E-state index contributed by atoms with van der Waals surface area (Å²) in [5.74, 6) is 4.61. The zero-order valence-electron chi connectivity index (χ0n) is 19.6. The third-order valence-corrected chi connectivity index (χ3v) is 4.89. The summed E-state index contributed by atoms with van der Waals surface area (Å²) in [4.78, 5) is 24.7. The molecule has 1 atom stereocenters. The lowest BCUT2D eigenvalue weighted by molar-refractivity contribution is -0.0236. The van der Waals surface area contributed by atoms with E-state index in [1.807, 2.05) is 13.0 Å². The average Bonchev–Trinajstić information content (AvgIpc) is 2.76. The van der Waals surface area contributed by atoms with Gasteiger partial charge in [-0.25, -0.2) is 13.6 Å². The topological polar surface area (TPSA) is 65.1 Å². The number of amides is 1. The molecule has 6 nitrogen and oxygen atoms in total. The molecular weight excluding hydrogens is 444 g/mol. The number of benzene rings is 2. The normalized spacial score (nSPS) is 15.8. The minimum absolute atomic E-state index is 0.0891. The second kappa shape index (κ2) is 10.7. The molecule has 0 spiro atoms. The molecule has 0 radical (unpaired) electrons. The SMILES string of the molecule is Cc1ccc(C#CC2CN(C(=O)OC(C)(C)C)CCO2)c(OCc2c(F)cc(C=O)cc2F)c1. The van der Waals surface area contributed by atoms with Gasteiger partial charge in [-0.3, -0.25) is 4.79 Å². The minimum atomic E-state index is -0.861. The Morgan fingerprint density at radius 2 is 1.94 bits per heavy atom. The maximum Gasteiger partial charge on any atom is 0.410 e. The highest BCUT2D eigenvalue weighted by molar-refractivity contribution is 5.74. The van der Waals surface area contributed by atoms with Gasteiger partial charge in [-0.1, -0.05) is 17.9 Å². The number of nitrogens with zero attached hydrogens (tertiary/aromatic N) is 1. The lowest BCUT2D eigenvalue weighted by Crippen LogP contribution is -2.47. The highest BCUT2D eigenvalue weighted by atomic mass is 19.1. The molecule has 0 aliphatic carbocycles. The quantitative estimate of drug-likeness (QED) is 0.480. The molecule has 8 heteroatoms. The Morgan fingerprint density at radius 1 is 1.24 bits per heavy atom. The molecule has 2 aromatic carbocycles. The van der Waals surface area contributed by atoms with Crippen LogP contribution in [0.1, 0.15) is 47.8 Å². The fourth-order valence-electron chi connectivity index (χ4n) is 3.22. The third kappa shape index (κ3) is 6.78. The van der Waals surface area contributed by atoms with E-state index in [4.69, 9.17) is 14.2 Å². The van der Waals surface area contributed by atoms with Crippen molar-refractivity contribution >= 4 is 12.4 Å². The van der Waals surface area contributed by atoms with Gasteiger partial charge in [0, 0.05) is 12.1 Å². The van der Waals surface area contributed by atoms with Gasteiger partial charge in [-0.05, 0) is 57.5 Å². The van der Waals surface area contributed by atoms with Crippen molar-refractivity contribution in [1.82, 2.24) is 4.90 Å². The maximum atomic E-state index is 14.2. The predicted octanol–water partition coefficient (Wildman–Crippen LogP) is 4.65. The van der Waals surface area contributed by atoms with Crippen LogP contribution in [0.15, 0.2) is 30.3 Å². The monoisotopic (exact) mass is 471 g/mol. The molecule has 1 amide bonds. The van der Waals surface area contributed by atoms with Gasteiger partial charge in [0.25, 0.3) is 0 Å². The number of halogens is 2. The number of aldehydes is 1. The van der Waals surface area contributed by atoms with Crippen molar-refractivity contribution in [3.8, 4) is 17.6 Å². The number of carbonyl (C=O) groups excluding carboxylic acids is 2. The first-order valence-corrected chi connectivity index (χ1v) is 10.8. The number of morpholine rings is 1. The first kappa shape index (κ1) is 25.2. The molecule has 0 aromatic heterocycles. The first-order valence-electron chi connectivity index (χ1n) is 10.8. The van der Waals surface area contributed by atoms with E-state index in [-0.39, 0.29) is 24.3 Å². The van der Waals surface area contributed by atoms with E-state index in [2.05, 4.69) is 11.8 Å². The van der Waals surface area contributed by atoms with E-state index in [0.29, 0.717) is 30.8 Å². The van der Waals surface area contributed by atoms with Gasteiger partial charge in [0.1, 0.15) is 42.0 Å². The van der Waals surface area contributed by atoms with Crippen LogP contribution in [0.4, 0.5) is 13.6 Å². The molecule has 180 valence electrons. The molecule has 0 bridgehead atoms. The number of hydrogen-bond donors (Lipinski definition) is 0. The van der Waals surface area contributed by atoms with Crippen molar-refractivity contribution in [3.63, 3.8) is 0 Å². The van der Waals surface area contributed by atoms with Crippen LogP contribution < -0.4 is 4.74 Å². The van der Waals surface area contributed by atoms with E-state index >= 15 is 0 Å². The smallest absolute Gasteiger partial charge is 0.410 e. The molecular formula is C26H27F2NO5. The predicted molar refractivity (Wildman–Crippen MR) is 122 cm³/mol. The average molecular weight is 472 g/mol. The summed E-state index contributed by atoms with van der Waals surface area (Å²) >= 11 is 0. The van der Waals surface area contributed by atoms with Crippen molar-refractivity contribution in [2.75, 3.05) is 19.7 Å². The summed E-state index contributed by atoms with van der Waals surface area (Å²) in [5.41, 5.74) is 0.414. The molecule has 3 rings (SSSR count). The van der Waals surface area contributed by atoms with Gasteiger partial charge in [0.05, 0.1) is 24.3 Å². The van der Waals surface area contributed by atoms with Crippen molar-refractivity contribution in [2.45, 2.75) is 46.0 Å². The summed E-state index contributed by atoms with van der Waals surface area (Å²) in [6, 6.07) is 7.22. The van der Waals surface area contributed by atoms with E-state index in [1.54, 1.807) is 37.8 Å². The molecule has 0 saturated carbocycles. The van der Waals surface area contributed by atoms with Crippen LogP contribution in [0.2, 0.25) is 0 Å². The minimum Gasteiger partial charge on any atom is -0.487 e. The highest BCUT2D eigenvalue weighted by Crippen LogP contribution is 2.23. The summed E-state index contributed by atoms with van der Waals surface area (Å²) in [5, 5.41) is 0. The van der Waals surface area contributed by atoms with Crippen molar-refractivity contribution < 1.29 is 32.6 Å². The number of hydrogen-bond acceptors (Lipinski definition) is 5. The van der Waals surface area contributed by atoms with Crippen molar-refractivity contribution in [2.24, 2.45) is 0 Å². The fraction of sp³-hybridized carbons (Fsp3) is 0.385. The summed E-state index contributed by atoms with van der Waals surface area (Å²) < 4.78 is 45.2. The van der Waals surface area contributed by atoms with E-state index in [9.17, 15) is 18.4 Å². The molecule has 1 unspecified atom stereocenters. The van der Waals surface area contributed by atoms with E-state index < -0.39 is 29.4 Å². The van der Waals surface area contributed by atoms with Crippen LogP contribution in [-0.4, -0.2) is 48.7 Å². The Balaban J connectivity index is 1.74. The van der Waals surface area contributed by atoms with Gasteiger partial charge in [-0.15, -0.1) is 0 Å². The van der Waals surface area contributed by atoms with Crippen LogP contribution in [-0.2, 0) is 16.1 Å². The Morgan fingerprint density at radius 3 is 2.59 bits per heavy atom. The number of carbonyl (C=O) groups is 2. The number of aryl methyl sites for hydroxylation is 1. The molecule has 34 heavy (non-hydrogen) atoms. The second-order valence-electron chi connectivity index (χ2n) is 8.92. The van der Waals surface area contributed by atoms with Crippen molar-refractivity contribution in [3.05, 3.63) is 64.2 Å². The van der Waals surface area contributed by atoms with Crippen LogP contribution in [0.3, 0.4) is 0 Å². The van der Waals surface area contributed by atoms with Crippen LogP contribution in [0.25, 0.3) is 0 Å².